The third-order valence-corrected chi connectivity index (χ3v) is 4.51. The zero-order valence-electron chi connectivity index (χ0n) is 8.88. The van der Waals surface area contributed by atoms with Crippen LogP contribution in [-0.2, 0) is 14.8 Å². The summed E-state index contributed by atoms with van der Waals surface area (Å²) < 4.78 is 25.5. The van der Waals surface area contributed by atoms with Gasteiger partial charge in [0.05, 0.1) is 12.2 Å². The van der Waals surface area contributed by atoms with E-state index < -0.39 is 16.1 Å². The molecule has 0 aliphatic carbocycles. The SMILES string of the molecule is Cc1ncc(S(=O)(=O)N2CCC[C@H]2C=O)[nH]1. The number of imidazole rings is 1. The van der Waals surface area contributed by atoms with Gasteiger partial charge in [0.25, 0.3) is 10.0 Å². The maximum Gasteiger partial charge on any atom is 0.260 e. The van der Waals surface area contributed by atoms with Crippen LogP contribution >= 0.6 is 0 Å². The van der Waals surface area contributed by atoms with Crippen molar-refractivity contribution in [2.24, 2.45) is 0 Å². The van der Waals surface area contributed by atoms with E-state index in [0.29, 0.717) is 25.1 Å². The molecular formula is C9H13N3O3S. The number of carbonyl (C=O) groups is 1. The molecule has 2 heterocycles. The monoisotopic (exact) mass is 243 g/mol. The Kier molecular flexibility index (Phi) is 2.81. The third kappa shape index (κ3) is 1.76. The highest BCUT2D eigenvalue weighted by molar-refractivity contribution is 7.89. The van der Waals surface area contributed by atoms with Crippen LogP contribution in [0.15, 0.2) is 11.2 Å². The van der Waals surface area contributed by atoms with Crippen molar-refractivity contribution < 1.29 is 13.2 Å². The number of aldehydes is 1. The van der Waals surface area contributed by atoms with Crippen molar-refractivity contribution in [2.45, 2.75) is 30.8 Å². The minimum absolute atomic E-state index is 0.0544. The highest BCUT2D eigenvalue weighted by Gasteiger charge is 2.35. The van der Waals surface area contributed by atoms with Crippen molar-refractivity contribution in [2.75, 3.05) is 6.54 Å². The number of hydrogen-bond acceptors (Lipinski definition) is 4. The minimum atomic E-state index is -3.60. The number of carbonyl (C=O) groups excluding carboxylic acids is 1. The van der Waals surface area contributed by atoms with Crippen LogP contribution in [0.3, 0.4) is 0 Å². The van der Waals surface area contributed by atoms with Gasteiger partial charge in [-0.05, 0) is 19.8 Å². The van der Waals surface area contributed by atoms with Crippen molar-refractivity contribution in [3.8, 4) is 0 Å². The molecule has 1 N–H and O–H groups in total. The molecule has 0 aromatic carbocycles. The summed E-state index contributed by atoms with van der Waals surface area (Å²) in [6.07, 6.45) is 3.28. The number of rotatable bonds is 3. The van der Waals surface area contributed by atoms with Gasteiger partial charge in [-0.3, -0.25) is 0 Å². The maximum absolute atomic E-state index is 12.1. The predicted molar refractivity (Wildman–Crippen MR) is 56.3 cm³/mol. The molecule has 0 radical (unpaired) electrons. The topological polar surface area (TPSA) is 83.1 Å². The molecule has 16 heavy (non-hydrogen) atoms. The molecule has 2 rings (SSSR count). The van der Waals surface area contributed by atoms with Crippen molar-refractivity contribution in [3.05, 3.63) is 12.0 Å². The molecule has 88 valence electrons. The van der Waals surface area contributed by atoms with Gasteiger partial charge in [-0.2, -0.15) is 4.31 Å². The third-order valence-electron chi connectivity index (χ3n) is 2.67. The lowest BCUT2D eigenvalue weighted by molar-refractivity contribution is -0.110. The zero-order chi connectivity index (χ0) is 11.8. The Morgan fingerprint density at radius 2 is 2.38 bits per heavy atom. The van der Waals surface area contributed by atoms with Crippen LogP contribution in [0, 0.1) is 6.92 Å². The van der Waals surface area contributed by atoms with Gasteiger partial charge < -0.3 is 9.78 Å². The molecule has 6 nitrogen and oxygen atoms in total. The molecule has 1 aromatic heterocycles. The molecule has 1 aliphatic heterocycles. The standard InChI is InChI=1S/C9H13N3O3S/c1-7-10-5-9(11-7)16(14,15)12-4-2-3-8(12)6-13/h5-6,8H,2-4H2,1H3,(H,10,11)/t8-/m0/s1. The molecule has 0 bridgehead atoms. The average Bonchev–Trinajstić information content (AvgIpc) is 2.85. The van der Waals surface area contributed by atoms with E-state index in [1.807, 2.05) is 0 Å². The van der Waals surface area contributed by atoms with Gasteiger partial charge >= 0.3 is 0 Å². The maximum atomic E-state index is 12.1. The van der Waals surface area contributed by atoms with E-state index >= 15 is 0 Å². The van der Waals surface area contributed by atoms with Crippen LogP contribution in [0.5, 0.6) is 0 Å². The van der Waals surface area contributed by atoms with E-state index in [1.165, 1.54) is 10.5 Å². The van der Waals surface area contributed by atoms with Gasteiger partial charge in [0, 0.05) is 6.54 Å². The number of hydrogen-bond donors (Lipinski definition) is 1. The van der Waals surface area contributed by atoms with Gasteiger partial charge in [-0.1, -0.05) is 0 Å². The molecule has 7 heteroatoms. The summed E-state index contributed by atoms with van der Waals surface area (Å²) in [6, 6.07) is -0.534. The van der Waals surface area contributed by atoms with Gasteiger partial charge in [0.15, 0.2) is 5.03 Å². The first-order valence-corrected chi connectivity index (χ1v) is 6.48. The van der Waals surface area contributed by atoms with Crippen molar-refractivity contribution in [1.82, 2.24) is 14.3 Å². The van der Waals surface area contributed by atoms with Crippen LogP contribution in [-0.4, -0.2) is 41.6 Å². The van der Waals surface area contributed by atoms with E-state index in [1.54, 1.807) is 6.92 Å². The van der Waals surface area contributed by atoms with Crippen LogP contribution in [0.25, 0.3) is 0 Å². The Bertz CT molecular complexity index is 494. The Morgan fingerprint density at radius 3 is 2.94 bits per heavy atom. The van der Waals surface area contributed by atoms with Crippen LogP contribution in [0.4, 0.5) is 0 Å². The summed E-state index contributed by atoms with van der Waals surface area (Å²) in [5.41, 5.74) is 0. The number of aromatic amines is 1. The second-order valence-electron chi connectivity index (χ2n) is 3.79. The molecular weight excluding hydrogens is 230 g/mol. The van der Waals surface area contributed by atoms with E-state index in [2.05, 4.69) is 9.97 Å². The Labute approximate surface area is 93.7 Å². The fourth-order valence-electron chi connectivity index (χ4n) is 1.86. The molecule has 1 aromatic rings. The molecule has 0 unspecified atom stereocenters. The highest BCUT2D eigenvalue weighted by atomic mass is 32.2. The fraction of sp³-hybridized carbons (Fsp3) is 0.556. The Hall–Kier alpha value is -1.21. The molecule has 0 saturated carbocycles. The van der Waals surface area contributed by atoms with Gasteiger partial charge in [0.1, 0.15) is 12.1 Å². The molecule has 1 atom stereocenters. The van der Waals surface area contributed by atoms with Crippen LogP contribution < -0.4 is 0 Å². The summed E-state index contributed by atoms with van der Waals surface area (Å²) in [7, 11) is -3.60. The van der Waals surface area contributed by atoms with Crippen molar-refractivity contribution in [3.63, 3.8) is 0 Å². The smallest absolute Gasteiger partial charge is 0.260 e. The summed E-state index contributed by atoms with van der Waals surface area (Å²) in [5, 5.41) is 0.0544. The van der Waals surface area contributed by atoms with Crippen molar-refractivity contribution in [1.29, 1.82) is 0 Å². The highest BCUT2D eigenvalue weighted by Crippen LogP contribution is 2.23. The lowest BCUT2D eigenvalue weighted by Gasteiger charge is -2.18. The van der Waals surface area contributed by atoms with E-state index in [9.17, 15) is 13.2 Å². The van der Waals surface area contributed by atoms with E-state index in [0.717, 1.165) is 6.42 Å². The minimum Gasteiger partial charge on any atom is -0.332 e. The Balaban J connectivity index is 2.35. The second kappa shape index (κ2) is 3.99. The number of sulfonamides is 1. The first kappa shape index (κ1) is 11.3. The largest absolute Gasteiger partial charge is 0.332 e. The van der Waals surface area contributed by atoms with E-state index in [-0.39, 0.29) is 5.03 Å². The van der Waals surface area contributed by atoms with Gasteiger partial charge in [0.2, 0.25) is 0 Å². The molecule has 1 saturated heterocycles. The summed E-state index contributed by atoms with van der Waals surface area (Å²) in [6.45, 7) is 2.07. The van der Waals surface area contributed by atoms with Crippen molar-refractivity contribution >= 4 is 16.3 Å². The first-order chi connectivity index (χ1) is 7.55. The summed E-state index contributed by atoms with van der Waals surface area (Å²) >= 11 is 0. The summed E-state index contributed by atoms with van der Waals surface area (Å²) in [4.78, 5) is 17.3. The quantitative estimate of drug-likeness (QED) is 0.761. The summed E-state index contributed by atoms with van der Waals surface area (Å²) in [5.74, 6) is 0.542. The number of aryl methyl sites for hydroxylation is 1. The molecule has 0 spiro atoms. The Morgan fingerprint density at radius 1 is 1.62 bits per heavy atom. The average molecular weight is 243 g/mol. The lowest BCUT2D eigenvalue weighted by atomic mass is 10.2. The normalized spacial score (nSPS) is 22.4. The number of aromatic nitrogens is 2. The predicted octanol–water partition coefficient (Wildman–Crippen LogP) is 0.0701. The second-order valence-corrected chi connectivity index (χ2v) is 5.65. The van der Waals surface area contributed by atoms with Crippen LogP contribution in [0.1, 0.15) is 18.7 Å². The molecule has 1 fully saturated rings. The number of nitrogens with zero attached hydrogens (tertiary/aromatic N) is 2. The fourth-order valence-corrected chi connectivity index (χ4v) is 3.45. The van der Waals surface area contributed by atoms with Gasteiger partial charge in [-0.25, -0.2) is 13.4 Å². The molecule has 1 aliphatic rings. The lowest BCUT2D eigenvalue weighted by Crippen LogP contribution is -2.36. The van der Waals surface area contributed by atoms with Crippen LogP contribution in [0.2, 0.25) is 0 Å². The molecule has 0 amide bonds. The number of H-pyrrole nitrogens is 1. The van der Waals surface area contributed by atoms with Gasteiger partial charge in [-0.15, -0.1) is 0 Å². The zero-order valence-corrected chi connectivity index (χ0v) is 9.70. The first-order valence-electron chi connectivity index (χ1n) is 5.04. The van der Waals surface area contributed by atoms with E-state index in [4.69, 9.17) is 0 Å². The number of nitrogens with one attached hydrogen (secondary N) is 1.